The number of ether oxygens (including phenoxy) is 2. The first-order valence-electron chi connectivity index (χ1n) is 6.28. The van der Waals surface area contributed by atoms with Crippen LogP contribution in [0.3, 0.4) is 0 Å². The van der Waals surface area contributed by atoms with E-state index in [1.807, 2.05) is 38.2 Å². The Morgan fingerprint density at radius 2 is 2.16 bits per heavy atom. The van der Waals surface area contributed by atoms with Crippen molar-refractivity contribution < 1.29 is 9.47 Å². The summed E-state index contributed by atoms with van der Waals surface area (Å²) in [5, 5.41) is 3.32. The van der Waals surface area contributed by atoms with Crippen molar-refractivity contribution in [3.8, 4) is 11.5 Å². The van der Waals surface area contributed by atoms with Gasteiger partial charge in [0.2, 0.25) is 0 Å². The Bertz CT molecular complexity index is 537. The van der Waals surface area contributed by atoms with E-state index in [0.717, 1.165) is 28.7 Å². The van der Waals surface area contributed by atoms with E-state index in [-0.39, 0.29) is 0 Å². The van der Waals surface area contributed by atoms with E-state index in [0.29, 0.717) is 13.2 Å². The number of hydrogen-bond acceptors (Lipinski definition) is 4. The van der Waals surface area contributed by atoms with Crippen molar-refractivity contribution in [2.24, 2.45) is 0 Å². The van der Waals surface area contributed by atoms with Crippen molar-refractivity contribution in [3.05, 3.63) is 35.9 Å². The van der Waals surface area contributed by atoms with Gasteiger partial charge in [0, 0.05) is 11.8 Å². The first kappa shape index (κ1) is 13.3. The molecule has 0 amide bonds. The van der Waals surface area contributed by atoms with E-state index in [4.69, 9.17) is 9.47 Å². The fourth-order valence-corrected chi connectivity index (χ4v) is 1.81. The Morgan fingerprint density at radius 1 is 1.32 bits per heavy atom. The fourth-order valence-electron chi connectivity index (χ4n) is 1.81. The molecule has 1 aromatic carbocycles. The van der Waals surface area contributed by atoms with E-state index in [1.165, 1.54) is 0 Å². The lowest BCUT2D eigenvalue weighted by molar-refractivity contribution is 0.311. The van der Waals surface area contributed by atoms with Gasteiger partial charge in [-0.05, 0) is 26.0 Å². The summed E-state index contributed by atoms with van der Waals surface area (Å²) >= 11 is 0. The van der Waals surface area contributed by atoms with Gasteiger partial charge in [-0.3, -0.25) is 0 Å². The van der Waals surface area contributed by atoms with Crippen LogP contribution < -0.4 is 14.8 Å². The quantitative estimate of drug-likeness (QED) is 0.839. The van der Waals surface area contributed by atoms with Gasteiger partial charge in [-0.1, -0.05) is 0 Å². The molecule has 2 N–H and O–H groups in total. The lowest BCUT2D eigenvalue weighted by Crippen LogP contribution is -2.01. The van der Waals surface area contributed by atoms with E-state index in [2.05, 4.69) is 15.3 Å². The molecule has 1 aromatic heterocycles. The molecular formula is C14H19N3O2. The number of hydrogen-bond donors (Lipinski definition) is 2. The Balaban J connectivity index is 2.05. The van der Waals surface area contributed by atoms with Gasteiger partial charge in [0.15, 0.2) is 11.5 Å². The SMILES string of the molecule is CCOc1cc(NCc2cnc(C)[nH]2)ccc1OC. The third-order valence-corrected chi connectivity index (χ3v) is 2.70. The van der Waals surface area contributed by atoms with E-state index >= 15 is 0 Å². The molecule has 0 fully saturated rings. The minimum atomic E-state index is 0.611. The normalized spacial score (nSPS) is 10.3. The summed E-state index contributed by atoms with van der Waals surface area (Å²) in [5.41, 5.74) is 2.03. The topological polar surface area (TPSA) is 59.2 Å². The van der Waals surface area contributed by atoms with E-state index in [9.17, 15) is 0 Å². The van der Waals surface area contributed by atoms with Crippen LogP contribution in [0.25, 0.3) is 0 Å². The van der Waals surface area contributed by atoms with Crippen LogP contribution in [0.1, 0.15) is 18.4 Å². The van der Waals surface area contributed by atoms with Crippen LogP contribution in [0.15, 0.2) is 24.4 Å². The molecule has 0 radical (unpaired) electrons. The Labute approximate surface area is 113 Å². The number of benzene rings is 1. The Morgan fingerprint density at radius 3 is 2.79 bits per heavy atom. The third kappa shape index (κ3) is 3.40. The zero-order chi connectivity index (χ0) is 13.7. The monoisotopic (exact) mass is 261 g/mol. The summed E-state index contributed by atoms with van der Waals surface area (Å²) in [5.74, 6) is 2.40. The fraction of sp³-hybridized carbons (Fsp3) is 0.357. The van der Waals surface area contributed by atoms with Crippen LogP contribution in [0.4, 0.5) is 5.69 Å². The average molecular weight is 261 g/mol. The van der Waals surface area contributed by atoms with Gasteiger partial charge in [0.05, 0.1) is 32.2 Å². The van der Waals surface area contributed by atoms with Gasteiger partial charge in [0.1, 0.15) is 5.82 Å². The molecule has 5 nitrogen and oxygen atoms in total. The first-order valence-corrected chi connectivity index (χ1v) is 6.28. The molecule has 0 aliphatic carbocycles. The lowest BCUT2D eigenvalue weighted by Gasteiger charge is -2.12. The van der Waals surface area contributed by atoms with Gasteiger partial charge in [-0.15, -0.1) is 0 Å². The maximum Gasteiger partial charge on any atom is 0.163 e. The Hall–Kier alpha value is -2.17. The number of imidazole rings is 1. The molecule has 0 aliphatic heterocycles. The second-order valence-electron chi connectivity index (χ2n) is 4.15. The van der Waals surface area contributed by atoms with Crippen LogP contribution >= 0.6 is 0 Å². The third-order valence-electron chi connectivity index (χ3n) is 2.70. The van der Waals surface area contributed by atoms with Gasteiger partial charge in [-0.25, -0.2) is 4.98 Å². The minimum Gasteiger partial charge on any atom is -0.493 e. The number of aromatic nitrogens is 2. The predicted octanol–water partition coefficient (Wildman–Crippen LogP) is 2.74. The van der Waals surface area contributed by atoms with Crippen molar-refractivity contribution in [3.63, 3.8) is 0 Å². The van der Waals surface area contributed by atoms with Crippen LogP contribution in [0.2, 0.25) is 0 Å². The molecule has 1 heterocycles. The molecule has 2 aromatic rings. The molecule has 102 valence electrons. The van der Waals surface area contributed by atoms with Crippen molar-refractivity contribution >= 4 is 5.69 Å². The van der Waals surface area contributed by atoms with Crippen molar-refractivity contribution in [1.29, 1.82) is 0 Å². The number of anilines is 1. The van der Waals surface area contributed by atoms with Gasteiger partial charge in [0.25, 0.3) is 0 Å². The van der Waals surface area contributed by atoms with Gasteiger partial charge in [-0.2, -0.15) is 0 Å². The standard InChI is InChI=1S/C14H19N3O2/c1-4-19-14-7-11(5-6-13(14)18-3)16-9-12-8-15-10(2)17-12/h5-8,16H,4,9H2,1-3H3,(H,15,17). The zero-order valence-electron chi connectivity index (χ0n) is 11.5. The summed E-state index contributed by atoms with van der Waals surface area (Å²) in [6, 6.07) is 5.79. The summed E-state index contributed by atoms with van der Waals surface area (Å²) in [7, 11) is 1.64. The molecule has 19 heavy (non-hydrogen) atoms. The van der Waals surface area contributed by atoms with Crippen molar-refractivity contribution in [1.82, 2.24) is 9.97 Å². The van der Waals surface area contributed by atoms with Crippen LogP contribution in [0.5, 0.6) is 11.5 Å². The van der Waals surface area contributed by atoms with Gasteiger partial charge >= 0.3 is 0 Å². The molecule has 0 spiro atoms. The molecule has 5 heteroatoms. The molecule has 0 atom stereocenters. The number of methoxy groups -OCH3 is 1. The maximum absolute atomic E-state index is 5.54. The minimum absolute atomic E-state index is 0.611. The molecule has 0 unspecified atom stereocenters. The van der Waals surface area contributed by atoms with Crippen LogP contribution in [-0.2, 0) is 6.54 Å². The number of nitrogens with zero attached hydrogens (tertiary/aromatic N) is 1. The smallest absolute Gasteiger partial charge is 0.163 e. The predicted molar refractivity (Wildman–Crippen MR) is 74.8 cm³/mol. The van der Waals surface area contributed by atoms with Gasteiger partial charge < -0.3 is 19.8 Å². The highest BCUT2D eigenvalue weighted by atomic mass is 16.5. The molecule has 0 saturated heterocycles. The number of H-pyrrole nitrogens is 1. The second-order valence-corrected chi connectivity index (χ2v) is 4.15. The van der Waals surface area contributed by atoms with Crippen molar-refractivity contribution in [2.45, 2.75) is 20.4 Å². The van der Waals surface area contributed by atoms with Crippen LogP contribution in [-0.4, -0.2) is 23.7 Å². The first-order chi connectivity index (χ1) is 9.22. The molecule has 2 rings (SSSR count). The number of aryl methyl sites for hydroxylation is 1. The lowest BCUT2D eigenvalue weighted by atomic mass is 10.2. The highest BCUT2D eigenvalue weighted by Gasteiger charge is 2.05. The number of rotatable bonds is 6. The number of aromatic amines is 1. The summed E-state index contributed by atoms with van der Waals surface area (Å²) in [4.78, 5) is 7.34. The molecule has 0 aliphatic rings. The highest BCUT2D eigenvalue weighted by Crippen LogP contribution is 2.30. The summed E-state index contributed by atoms with van der Waals surface area (Å²) in [6.07, 6.45) is 1.83. The largest absolute Gasteiger partial charge is 0.493 e. The molecule has 0 bridgehead atoms. The summed E-state index contributed by atoms with van der Waals surface area (Å²) in [6.45, 7) is 5.19. The maximum atomic E-state index is 5.54. The number of nitrogens with one attached hydrogen (secondary N) is 2. The second kappa shape index (κ2) is 6.13. The molecule has 0 saturated carbocycles. The summed E-state index contributed by atoms with van der Waals surface area (Å²) < 4.78 is 10.8. The highest BCUT2D eigenvalue weighted by molar-refractivity contribution is 5.54. The van der Waals surface area contributed by atoms with E-state index < -0.39 is 0 Å². The average Bonchev–Trinajstić information content (AvgIpc) is 2.83. The Kier molecular flexibility index (Phi) is 4.28. The van der Waals surface area contributed by atoms with Crippen LogP contribution in [0, 0.1) is 6.92 Å². The van der Waals surface area contributed by atoms with Crippen molar-refractivity contribution in [2.75, 3.05) is 19.0 Å². The van der Waals surface area contributed by atoms with E-state index in [1.54, 1.807) is 7.11 Å². The molecular weight excluding hydrogens is 242 g/mol. The zero-order valence-corrected chi connectivity index (χ0v) is 11.5.